The molecule has 2 heterocycles. The van der Waals surface area contributed by atoms with Crippen LogP contribution in [0, 0.1) is 5.92 Å². The maximum absolute atomic E-state index is 12.1. The molecule has 0 spiro atoms. The van der Waals surface area contributed by atoms with Crippen LogP contribution in [0.3, 0.4) is 0 Å². The lowest BCUT2D eigenvalue weighted by atomic mass is 10.1. The van der Waals surface area contributed by atoms with E-state index >= 15 is 0 Å². The van der Waals surface area contributed by atoms with E-state index in [9.17, 15) is 22.8 Å². The number of nitrogens with zero attached hydrogens (tertiary/aromatic N) is 1. The number of carbonyl (C=O) groups is 3. The van der Waals surface area contributed by atoms with Crippen molar-refractivity contribution in [1.82, 2.24) is 15.8 Å². The lowest BCUT2D eigenvalue weighted by Gasteiger charge is -2.15. The molecule has 9 heteroatoms. The Kier molecular flexibility index (Phi) is 5.79. The number of nitrogens with one attached hydrogen (secondary N) is 2. The van der Waals surface area contributed by atoms with Crippen LogP contribution in [0.4, 0.5) is 0 Å². The largest absolute Gasteiger partial charge is 0.338 e. The van der Waals surface area contributed by atoms with Crippen LogP contribution in [-0.4, -0.2) is 49.1 Å². The molecule has 1 unspecified atom stereocenters. The molecule has 1 aromatic carbocycles. The van der Waals surface area contributed by atoms with Gasteiger partial charge in [0.1, 0.15) is 0 Å². The summed E-state index contributed by atoms with van der Waals surface area (Å²) in [5, 5.41) is 0. The van der Waals surface area contributed by atoms with Gasteiger partial charge >= 0.3 is 0 Å². The Morgan fingerprint density at radius 1 is 1.15 bits per heavy atom. The van der Waals surface area contributed by atoms with Crippen molar-refractivity contribution in [2.75, 3.05) is 18.1 Å². The summed E-state index contributed by atoms with van der Waals surface area (Å²) >= 11 is 0. The molecule has 0 saturated carbocycles. The van der Waals surface area contributed by atoms with E-state index in [2.05, 4.69) is 10.9 Å². The molecule has 0 aliphatic carbocycles. The van der Waals surface area contributed by atoms with Crippen molar-refractivity contribution < 1.29 is 22.8 Å². The molecule has 0 aromatic heterocycles. The molecule has 2 aliphatic rings. The molecular weight excluding hydrogens is 370 g/mol. The Labute approximate surface area is 158 Å². The monoisotopic (exact) mass is 393 g/mol. The van der Waals surface area contributed by atoms with Gasteiger partial charge in [0.2, 0.25) is 11.8 Å². The molecule has 2 saturated heterocycles. The lowest BCUT2D eigenvalue weighted by molar-refractivity contribution is -0.128. The van der Waals surface area contributed by atoms with Crippen molar-refractivity contribution >= 4 is 27.6 Å². The van der Waals surface area contributed by atoms with Crippen LogP contribution < -0.4 is 10.9 Å². The van der Waals surface area contributed by atoms with Gasteiger partial charge < -0.3 is 4.90 Å². The third kappa shape index (κ3) is 5.29. The van der Waals surface area contributed by atoms with E-state index in [-0.39, 0.29) is 29.8 Å². The standard InChI is InChI=1S/C18H23N3O5S/c22-16(10-14-7-9-27(25,26)12-14)19-20-18(24)15-5-3-13(4-6-15)11-21-8-1-2-17(21)23/h3-6,14H,1-2,7-12H2,(H,19,22)(H,20,24). The molecule has 2 fully saturated rings. The highest BCUT2D eigenvalue weighted by Crippen LogP contribution is 2.21. The molecule has 0 bridgehead atoms. The zero-order chi connectivity index (χ0) is 19.4. The zero-order valence-electron chi connectivity index (χ0n) is 14.9. The summed E-state index contributed by atoms with van der Waals surface area (Å²) in [4.78, 5) is 37.4. The highest BCUT2D eigenvalue weighted by molar-refractivity contribution is 7.91. The van der Waals surface area contributed by atoms with E-state index < -0.39 is 21.7 Å². The highest BCUT2D eigenvalue weighted by atomic mass is 32.2. The molecule has 2 N–H and O–H groups in total. The number of hydrogen-bond donors (Lipinski definition) is 2. The second-order valence-electron chi connectivity index (χ2n) is 7.09. The molecule has 8 nitrogen and oxygen atoms in total. The summed E-state index contributed by atoms with van der Waals surface area (Å²) in [6.07, 6.45) is 2.02. The number of likely N-dealkylation sites (tertiary alicyclic amines) is 1. The van der Waals surface area contributed by atoms with Crippen molar-refractivity contribution in [1.29, 1.82) is 0 Å². The van der Waals surface area contributed by atoms with E-state index in [1.165, 1.54) is 0 Å². The Balaban J connectivity index is 1.45. The second-order valence-corrected chi connectivity index (χ2v) is 9.32. The molecule has 3 rings (SSSR count). The van der Waals surface area contributed by atoms with Gasteiger partial charge in [-0.3, -0.25) is 25.2 Å². The maximum atomic E-state index is 12.1. The molecule has 3 amide bonds. The minimum atomic E-state index is -3.02. The van der Waals surface area contributed by atoms with E-state index in [1.807, 2.05) is 0 Å². The van der Waals surface area contributed by atoms with Crippen molar-refractivity contribution in [3.8, 4) is 0 Å². The average molecular weight is 393 g/mol. The minimum absolute atomic E-state index is 0.0232. The van der Waals surface area contributed by atoms with E-state index in [0.717, 1.165) is 18.5 Å². The smallest absolute Gasteiger partial charge is 0.269 e. The first-order valence-electron chi connectivity index (χ1n) is 8.99. The van der Waals surface area contributed by atoms with E-state index in [4.69, 9.17) is 0 Å². The van der Waals surface area contributed by atoms with Gasteiger partial charge in [0.15, 0.2) is 9.84 Å². The van der Waals surface area contributed by atoms with Crippen LogP contribution in [0.15, 0.2) is 24.3 Å². The fraction of sp³-hybridized carbons (Fsp3) is 0.500. The Hall–Kier alpha value is -2.42. The van der Waals surface area contributed by atoms with Crippen molar-refractivity contribution in [3.05, 3.63) is 35.4 Å². The maximum Gasteiger partial charge on any atom is 0.269 e. The van der Waals surface area contributed by atoms with Gasteiger partial charge in [0.05, 0.1) is 11.5 Å². The first-order valence-corrected chi connectivity index (χ1v) is 10.8. The number of sulfone groups is 1. The summed E-state index contributed by atoms with van der Waals surface area (Å²) in [7, 11) is -3.02. The predicted molar refractivity (Wildman–Crippen MR) is 98.1 cm³/mol. The van der Waals surface area contributed by atoms with Crippen molar-refractivity contribution in [3.63, 3.8) is 0 Å². The third-order valence-electron chi connectivity index (χ3n) is 4.88. The lowest BCUT2D eigenvalue weighted by Crippen LogP contribution is -2.42. The summed E-state index contributed by atoms with van der Waals surface area (Å²) in [5.74, 6) is -0.767. The van der Waals surface area contributed by atoms with Gasteiger partial charge in [0, 0.05) is 31.5 Å². The van der Waals surface area contributed by atoms with E-state index in [0.29, 0.717) is 24.9 Å². The summed E-state index contributed by atoms with van der Waals surface area (Å²) in [5.41, 5.74) is 5.99. The molecular formula is C18H23N3O5S. The molecule has 1 aromatic rings. The van der Waals surface area contributed by atoms with Gasteiger partial charge in [-0.05, 0) is 36.5 Å². The quantitative estimate of drug-likeness (QED) is 0.703. The van der Waals surface area contributed by atoms with Gasteiger partial charge in [-0.1, -0.05) is 12.1 Å². The minimum Gasteiger partial charge on any atom is -0.338 e. The van der Waals surface area contributed by atoms with Crippen LogP contribution in [0.1, 0.15) is 41.6 Å². The van der Waals surface area contributed by atoms with Gasteiger partial charge in [-0.15, -0.1) is 0 Å². The number of carbonyl (C=O) groups excluding carboxylic acids is 3. The number of amides is 3. The first-order chi connectivity index (χ1) is 12.8. The van der Waals surface area contributed by atoms with Crippen LogP contribution >= 0.6 is 0 Å². The molecule has 1 atom stereocenters. The topological polar surface area (TPSA) is 113 Å². The fourth-order valence-electron chi connectivity index (χ4n) is 3.40. The molecule has 0 radical (unpaired) electrons. The fourth-order valence-corrected chi connectivity index (χ4v) is 5.26. The number of benzene rings is 1. The molecule has 27 heavy (non-hydrogen) atoms. The Morgan fingerprint density at radius 3 is 2.48 bits per heavy atom. The third-order valence-corrected chi connectivity index (χ3v) is 6.71. The normalized spacial score (nSPS) is 21.3. The highest BCUT2D eigenvalue weighted by Gasteiger charge is 2.29. The molecule has 146 valence electrons. The summed E-state index contributed by atoms with van der Waals surface area (Å²) < 4.78 is 22.8. The number of hydrazine groups is 1. The van der Waals surface area contributed by atoms with Crippen molar-refractivity contribution in [2.45, 2.75) is 32.2 Å². The zero-order valence-corrected chi connectivity index (χ0v) is 15.8. The van der Waals surface area contributed by atoms with E-state index in [1.54, 1.807) is 29.2 Å². The summed E-state index contributed by atoms with van der Waals surface area (Å²) in [6, 6.07) is 6.85. The summed E-state index contributed by atoms with van der Waals surface area (Å²) in [6.45, 7) is 1.29. The number of rotatable bonds is 5. The SMILES string of the molecule is O=C(CC1CCS(=O)(=O)C1)NNC(=O)c1ccc(CN2CCCC2=O)cc1. The van der Waals surface area contributed by atoms with Gasteiger partial charge in [-0.2, -0.15) is 0 Å². The van der Waals surface area contributed by atoms with Crippen molar-refractivity contribution in [2.24, 2.45) is 5.92 Å². The predicted octanol–water partition coefficient (Wildman–Crippen LogP) is 0.395. The first kappa shape index (κ1) is 19.3. The Bertz CT molecular complexity index is 835. The average Bonchev–Trinajstić information content (AvgIpc) is 3.18. The van der Waals surface area contributed by atoms with Crippen LogP contribution in [0.5, 0.6) is 0 Å². The molecule has 2 aliphatic heterocycles. The second kappa shape index (κ2) is 8.08. The van der Waals surface area contributed by atoms with Crippen LogP contribution in [0.25, 0.3) is 0 Å². The van der Waals surface area contributed by atoms with Crippen LogP contribution in [-0.2, 0) is 26.0 Å². The Morgan fingerprint density at radius 2 is 1.89 bits per heavy atom. The van der Waals surface area contributed by atoms with Gasteiger partial charge in [-0.25, -0.2) is 8.42 Å². The van der Waals surface area contributed by atoms with Crippen LogP contribution in [0.2, 0.25) is 0 Å². The van der Waals surface area contributed by atoms with Gasteiger partial charge in [0.25, 0.3) is 5.91 Å². The number of hydrogen-bond acceptors (Lipinski definition) is 5.